The highest BCUT2D eigenvalue weighted by molar-refractivity contribution is 7.91. The van der Waals surface area contributed by atoms with E-state index in [9.17, 15) is 26.4 Å². The van der Waals surface area contributed by atoms with Crippen LogP contribution in [0.25, 0.3) is 0 Å². The van der Waals surface area contributed by atoms with E-state index < -0.39 is 46.3 Å². The second kappa shape index (κ2) is 7.98. The Labute approximate surface area is 157 Å². The quantitative estimate of drug-likeness (QED) is 0.626. The number of nitrogens with zero attached hydrogens (tertiary/aromatic N) is 2. The predicted molar refractivity (Wildman–Crippen MR) is 91.2 cm³/mol. The Morgan fingerprint density at radius 1 is 1.19 bits per heavy atom. The fourth-order valence-electron chi connectivity index (χ4n) is 2.13. The highest BCUT2D eigenvalue weighted by Crippen LogP contribution is 2.24. The highest BCUT2D eigenvalue weighted by Gasteiger charge is 2.28. The van der Waals surface area contributed by atoms with Crippen molar-refractivity contribution >= 4 is 38.8 Å². The van der Waals surface area contributed by atoms with Gasteiger partial charge < -0.3 is 4.57 Å². The van der Waals surface area contributed by atoms with Crippen molar-refractivity contribution in [1.29, 1.82) is 0 Å². The molecule has 2 aromatic rings. The zero-order valence-electron chi connectivity index (χ0n) is 13.1. The molecule has 0 bridgehead atoms. The van der Waals surface area contributed by atoms with E-state index in [2.05, 4.69) is 4.98 Å². The van der Waals surface area contributed by atoms with Crippen molar-refractivity contribution in [2.45, 2.75) is 24.9 Å². The van der Waals surface area contributed by atoms with E-state index in [1.165, 1.54) is 12.1 Å². The maximum atomic E-state index is 12.3. The highest BCUT2D eigenvalue weighted by atomic mass is 35.5. The lowest BCUT2D eigenvalue weighted by Gasteiger charge is -2.08. The average Bonchev–Trinajstić information content (AvgIpc) is 2.87. The number of imidazole rings is 1. The standard InChI is InChI=1S/C15H13Cl2F3N2O3S/c16-11-4-2-1-3-10(11)7-26(24,25)8-12(23)13-14(17)22(9-21-13)6-5-15(18,19)20/h1-4,9H,5-8H2. The summed E-state index contributed by atoms with van der Waals surface area (Å²) in [4.78, 5) is 15.8. The Morgan fingerprint density at radius 2 is 1.85 bits per heavy atom. The van der Waals surface area contributed by atoms with Crippen LogP contribution in [-0.2, 0) is 22.1 Å². The normalized spacial score (nSPS) is 12.3. The summed E-state index contributed by atoms with van der Waals surface area (Å²) in [5.74, 6) is -2.23. The van der Waals surface area contributed by atoms with Crippen molar-refractivity contribution in [2.24, 2.45) is 0 Å². The number of Topliss-reactive ketones (excluding diaryl/α,β-unsaturated/α-hetero) is 1. The molecule has 26 heavy (non-hydrogen) atoms. The predicted octanol–water partition coefficient (Wildman–Crippen LogP) is 3.94. The first-order valence-electron chi connectivity index (χ1n) is 7.23. The molecule has 0 aliphatic heterocycles. The largest absolute Gasteiger partial charge is 0.390 e. The second-order valence-electron chi connectivity index (χ2n) is 5.49. The Morgan fingerprint density at radius 3 is 2.46 bits per heavy atom. The van der Waals surface area contributed by atoms with Crippen LogP contribution in [0.4, 0.5) is 13.2 Å². The van der Waals surface area contributed by atoms with Crippen LogP contribution < -0.4 is 0 Å². The fraction of sp³-hybridized carbons (Fsp3) is 0.333. The smallest absolute Gasteiger partial charge is 0.321 e. The van der Waals surface area contributed by atoms with Gasteiger partial charge in [0.25, 0.3) is 0 Å². The minimum atomic E-state index is -4.39. The Kier molecular flexibility index (Phi) is 6.36. The second-order valence-corrected chi connectivity index (χ2v) is 8.32. The third kappa shape index (κ3) is 5.72. The van der Waals surface area contributed by atoms with Gasteiger partial charge in [-0.2, -0.15) is 13.2 Å². The first-order chi connectivity index (χ1) is 12.0. The minimum Gasteiger partial charge on any atom is -0.321 e. The molecule has 0 spiro atoms. The average molecular weight is 429 g/mol. The zero-order valence-corrected chi connectivity index (χ0v) is 15.5. The number of alkyl halides is 3. The molecule has 1 aromatic carbocycles. The summed E-state index contributed by atoms with van der Waals surface area (Å²) < 4.78 is 62.2. The van der Waals surface area contributed by atoms with Crippen LogP contribution in [0, 0.1) is 0 Å². The number of hydrogen-bond acceptors (Lipinski definition) is 4. The fourth-order valence-corrected chi connectivity index (χ4v) is 4.06. The molecule has 0 aliphatic carbocycles. The number of rotatable bonds is 7. The molecule has 0 saturated carbocycles. The van der Waals surface area contributed by atoms with Crippen LogP contribution in [0.2, 0.25) is 10.2 Å². The van der Waals surface area contributed by atoms with Gasteiger partial charge in [0.05, 0.1) is 18.5 Å². The molecular formula is C15H13Cl2F3N2O3S. The van der Waals surface area contributed by atoms with Crippen molar-refractivity contribution < 1.29 is 26.4 Å². The molecule has 0 fully saturated rings. The van der Waals surface area contributed by atoms with E-state index in [4.69, 9.17) is 23.2 Å². The maximum Gasteiger partial charge on any atom is 0.390 e. The number of halogens is 5. The van der Waals surface area contributed by atoms with E-state index in [1.54, 1.807) is 12.1 Å². The lowest BCUT2D eigenvalue weighted by molar-refractivity contribution is -0.136. The molecule has 0 N–H and O–H groups in total. The van der Waals surface area contributed by atoms with Crippen molar-refractivity contribution in [1.82, 2.24) is 9.55 Å². The Balaban J connectivity index is 2.10. The van der Waals surface area contributed by atoms with Gasteiger partial charge in [0.1, 0.15) is 16.6 Å². The van der Waals surface area contributed by atoms with E-state index in [0.29, 0.717) is 5.56 Å². The van der Waals surface area contributed by atoms with Gasteiger partial charge in [-0.15, -0.1) is 0 Å². The molecule has 0 unspecified atom stereocenters. The van der Waals surface area contributed by atoms with E-state index in [-0.39, 0.29) is 15.9 Å². The topological polar surface area (TPSA) is 69.0 Å². The molecule has 2 rings (SSSR count). The van der Waals surface area contributed by atoms with Gasteiger partial charge in [-0.3, -0.25) is 4.79 Å². The Bertz CT molecular complexity index is 911. The van der Waals surface area contributed by atoms with Gasteiger partial charge in [0, 0.05) is 11.6 Å². The van der Waals surface area contributed by atoms with E-state index >= 15 is 0 Å². The third-order valence-corrected chi connectivity index (χ3v) is 5.58. The van der Waals surface area contributed by atoms with Gasteiger partial charge >= 0.3 is 6.18 Å². The van der Waals surface area contributed by atoms with E-state index in [0.717, 1.165) is 10.9 Å². The summed E-state index contributed by atoms with van der Waals surface area (Å²) in [6, 6.07) is 6.28. The molecule has 0 aliphatic rings. The first-order valence-corrected chi connectivity index (χ1v) is 9.80. The maximum absolute atomic E-state index is 12.3. The Hall–Kier alpha value is -1.58. The minimum absolute atomic E-state index is 0.248. The summed E-state index contributed by atoms with van der Waals surface area (Å²) in [6.07, 6.45) is -4.57. The molecule has 0 radical (unpaired) electrons. The summed E-state index contributed by atoms with van der Waals surface area (Å²) in [5.41, 5.74) is -0.0413. The number of hydrogen-bond donors (Lipinski definition) is 0. The molecule has 11 heteroatoms. The molecule has 1 aromatic heterocycles. The number of sulfone groups is 1. The zero-order chi connectivity index (χ0) is 19.5. The monoisotopic (exact) mass is 428 g/mol. The van der Waals surface area contributed by atoms with Crippen LogP contribution >= 0.6 is 23.2 Å². The lowest BCUT2D eigenvalue weighted by atomic mass is 10.2. The van der Waals surface area contributed by atoms with Crippen LogP contribution in [0.1, 0.15) is 22.5 Å². The van der Waals surface area contributed by atoms with E-state index in [1.807, 2.05) is 0 Å². The molecule has 5 nitrogen and oxygen atoms in total. The molecular weight excluding hydrogens is 416 g/mol. The number of carbonyl (C=O) groups is 1. The SMILES string of the molecule is O=C(CS(=O)(=O)Cc1ccccc1Cl)c1ncn(CCC(F)(F)F)c1Cl. The summed E-state index contributed by atoms with van der Waals surface area (Å²) >= 11 is 11.8. The number of aromatic nitrogens is 2. The summed E-state index contributed by atoms with van der Waals surface area (Å²) in [6.45, 7) is -0.519. The third-order valence-electron chi connectivity index (χ3n) is 3.36. The summed E-state index contributed by atoms with van der Waals surface area (Å²) in [5, 5.41) is -0.0785. The van der Waals surface area contributed by atoms with Crippen molar-refractivity contribution in [3.8, 4) is 0 Å². The van der Waals surface area contributed by atoms with Crippen LogP contribution in [0.3, 0.4) is 0 Å². The van der Waals surface area contributed by atoms with Crippen LogP contribution in [-0.4, -0.2) is 35.7 Å². The van der Waals surface area contributed by atoms with Crippen LogP contribution in [0.5, 0.6) is 0 Å². The van der Waals surface area contributed by atoms with Gasteiger partial charge in [0.2, 0.25) is 0 Å². The molecule has 0 amide bonds. The molecule has 0 saturated heterocycles. The van der Waals surface area contributed by atoms with Gasteiger partial charge in [-0.05, 0) is 11.6 Å². The van der Waals surface area contributed by atoms with Crippen LogP contribution in [0.15, 0.2) is 30.6 Å². The van der Waals surface area contributed by atoms with Gasteiger partial charge in [-0.1, -0.05) is 41.4 Å². The van der Waals surface area contributed by atoms with Gasteiger partial charge in [-0.25, -0.2) is 13.4 Å². The number of ketones is 1. The van der Waals surface area contributed by atoms with Crippen molar-refractivity contribution in [2.75, 3.05) is 5.75 Å². The van der Waals surface area contributed by atoms with Gasteiger partial charge in [0.15, 0.2) is 15.6 Å². The van der Waals surface area contributed by atoms with Crippen molar-refractivity contribution in [3.63, 3.8) is 0 Å². The molecule has 0 atom stereocenters. The molecule has 1 heterocycles. The first kappa shape index (κ1) is 20.7. The number of aryl methyl sites for hydroxylation is 1. The summed E-state index contributed by atoms with van der Waals surface area (Å²) in [7, 11) is -3.87. The number of carbonyl (C=O) groups excluding carboxylic acids is 1. The van der Waals surface area contributed by atoms with Crippen molar-refractivity contribution in [3.05, 3.63) is 52.0 Å². The molecule has 142 valence electrons. The number of benzene rings is 1. The lowest BCUT2D eigenvalue weighted by Crippen LogP contribution is -2.19.